The van der Waals surface area contributed by atoms with Gasteiger partial charge in [-0.05, 0) is 122 Å². The Hall–Kier alpha value is -2.60. The van der Waals surface area contributed by atoms with E-state index in [0.717, 1.165) is 0 Å². The number of benzene rings is 2. The Kier molecular flexibility index (Phi) is 8.19. The van der Waals surface area contributed by atoms with Crippen LogP contribution in [0.5, 0.6) is 0 Å². The average molecular weight is 561 g/mol. The predicted molar refractivity (Wildman–Crippen MR) is 187 cm³/mol. The summed E-state index contributed by atoms with van der Waals surface area (Å²) in [7, 11) is 0. The van der Waals surface area contributed by atoms with E-state index in [4.69, 9.17) is 0 Å². The van der Waals surface area contributed by atoms with E-state index >= 15 is 0 Å². The van der Waals surface area contributed by atoms with Crippen LogP contribution in [0.3, 0.4) is 0 Å². The fraction of sp³-hybridized carbons (Fsp3) is 0.524. The van der Waals surface area contributed by atoms with E-state index in [0.29, 0.717) is 11.8 Å². The predicted octanol–water partition coefficient (Wildman–Crippen LogP) is 13.2. The smallest absolute Gasteiger partial charge is 0.0294 e. The molecule has 3 fully saturated rings. The van der Waals surface area contributed by atoms with E-state index < -0.39 is 0 Å². The summed E-state index contributed by atoms with van der Waals surface area (Å²) in [6, 6.07) is 14.5. The van der Waals surface area contributed by atoms with Crippen molar-refractivity contribution < 1.29 is 0 Å². The van der Waals surface area contributed by atoms with Gasteiger partial charge in [0.15, 0.2) is 0 Å². The minimum Gasteiger partial charge on any atom is -0.0683 e. The van der Waals surface area contributed by atoms with Crippen molar-refractivity contribution in [2.45, 2.75) is 133 Å². The molecular formula is C42H56. The Bertz CT molecular complexity index is 1320. The molecule has 2 aromatic carbocycles. The molecule has 0 bridgehead atoms. The summed E-state index contributed by atoms with van der Waals surface area (Å²) in [6.07, 6.45) is 7.82. The van der Waals surface area contributed by atoms with E-state index in [1.165, 1.54) is 38.5 Å². The van der Waals surface area contributed by atoms with Crippen molar-refractivity contribution in [3.8, 4) is 0 Å². The maximum Gasteiger partial charge on any atom is 0.0294 e. The van der Waals surface area contributed by atoms with Crippen LogP contribution in [-0.2, 0) is 0 Å². The lowest BCUT2D eigenvalue weighted by Crippen LogP contribution is -2.69. The summed E-state index contributed by atoms with van der Waals surface area (Å²) >= 11 is 0. The monoisotopic (exact) mass is 560 g/mol. The van der Waals surface area contributed by atoms with Gasteiger partial charge >= 0.3 is 0 Å². The molecule has 3 saturated carbocycles. The lowest BCUT2D eigenvalue weighted by Gasteiger charge is -2.79. The Morgan fingerprint density at radius 1 is 0.429 bits per heavy atom. The van der Waals surface area contributed by atoms with Gasteiger partial charge in [-0.15, -0.1) is 0 Å². The zero-order valence-corrected chi connectivity index (χ0v) is 28.9. The summed E-state index contributed by atoms with van der Waals surface area (Å²) in [5.74, 6) is 1.23. The maximum atomic E-state index is 2.47. The van der Waals surface area contributed by atoms with Gasteiger partial charge < -0.3 is 0 Å². The van der Waals surface area contributed by atoms with Crippen LogP contribution in [0.25, 0.3) is 22.3 Å². The molecular weight excluding hydrogens is 504 g/mol. The van der Waals surface area contributed by atoms with Gasteiger partial charge in [0.1, 0.15) is 0 Å². The summed E-state index contributed by atoms with van der Waals surface area (Å²) < 4.78 is 0. The van der Waals surface area contributed by atoms with E-state index in [9.17, 15) is 0 Å². The molecule has 2 spiro atoms. The van der Waals surface area contributed by atoms with Crippen molar-refractivity contribution in [1.29, 1.82) is 0 Å². The van der Waals surface area contributed by atoms with Crippen LogP contribution < -0.4 is 0 Å². The SMILES string of the molecule is CC.CC.CC.CC.CC1=C2CCCC3=C(C)c4cccc5c4C4C23C2c3c1cccc3C(C)=C1CCCC(=C5C)C124. The van der Waals surface area contributed by atoms with Gasteiger partial charge in [-0.1, -0.05) is 114 Å². The van der Waals surface area contributed by atoms with Gasteiger partial charge in [0.2, 0.25) is 0 Å². The molecule has 9 rings (SSSR count). The molecule has 0 aliphatic heterocycles. The summed E-state index contributed by atoms with van der Waals surface area (Å²) in [4.78, 5) is 0. The highest BCUT2D eigenvalue weighted by Crippen LogP contribution is 2.90. The molecule has 0 aromatic heterocycles. The molecule has 0 N–H and O–H groups in total. The first kappa shape index (κ1) is 30.8. The molecule has 0 saturated heterocycles. The first-order valence-corrected chi connectivity index (χ1v) is 17.6. The number of allylic oxidation sites excluding steroid dienone is 8. The maximum absolute atomic E-state index is 2.47. The van der Waals surface area contributed by atoms with Gasteiger partial charge in [0.05, 0.1) is 0 Å². The number of rotatable bonds is 0. The van der Waals surface area contributed by atoms with Gasteiger partial charge in [0, 0.05) is 22.7 Å². The van der Waals surface area contributed by atoms with E-state index in [1.54, 1.807) is 55.7 Å². The van der Waals surface area contributed by atoms with Crippen LogP contribution in [-0.4, -0.2) is 0 Å². The zero-order valence-electron chi connectivity index (χ0n) is 28.9. The molecule has 224 valence electrons. The van der Waals surface area contributed by atoms with Gasteiger partial charge in [0.25, 0.3) is 0 Å². The van der Waals surface area contributed by atoms with Crippen molar-refractivity contribution >= 4 is 22.3 Å². The second-order valence-corrected chi connectivity index (χ2v) is 12.3. The summed E-state index contributed by atoms with van der Waals surface area (Å²) in [5, 5.41) is 0. The lowest BCUT2D eigenvalue weighted by molar-refractivity contribution is -0.0325. The molecule has 2 aromatic rings. The molecule has 0 amide bonds. The summed E-state index contributed by atoms with van der Waals surface area (Å²) in [6.45, 7) is 25.9. The molecule has 0 atom stereocenters. The summed E-state index contributed by atoms with van der Waals surface area (Å²) in [5.41, 5.74) is 24.0. The third-order valence-electron chi connectivity index (χ3n) is 11.7. The molecule has 0 heterocycles. The molecule has 0 nitrogen and oxygen atoms in total. The third kappa shape index (κ3) is 3.15. The van der Waals surface area contributed by atoms with Crippen molar-refractivity contribution in [2.24, 2.45) is 10.8 Å². The van der Waals surface area contributed by atoms with Crippen molar-refractivity contribution in [2.75, 3.05) is 0 Å². The molecule has 0 heteroatoms. The largest absolute Gasteiger partial charge is 0.0683 e. The Balaban J connectivity index is 0.000000410. The highest BCUT2D eigenvalue weighted by molar-refractivity contribution is 5.97. The lowest BCUT2D eigenvalue weighted by atomic mass is 9.22. The first-order valence-electron chi connectivity index (χ1n) is 17.6. The molecule has 0 unspecified atom stereocenters. The van der Waals surface area contributed by atoms with Crippen LogP contribution >= 0.6 is 0 Å². The standard InChI is InChI=1S/C34H32.4C2H6/c1-17-21-9-5-10-22-18(2)27-15-8-16-28-20(4)24-12-6-11-23-19(3)26-14-7-13-25(17)33(26)31(29(21)22)34(27,28)32(33)30(23)24;4*1-2/h5-6,9-12,31-32H,7-8,13-16H2,1-4H3;4*1-2H3. The van der Waals surface area contributed by atoms with Crippen molar-refractivity contribution in [3.05, 3.63) is 92.1 Å². The molecule has 42 heavy (non-hydrogen) atoms. The topological polar surface area (TPSA) is 0 Å². The second kappa shape index (κ2) is 11.2. The van der Waals surface area contributed by atoms with Crippen LogP contribution in [0.15, 0.2) is 58.7 Å². The number of hydrogen-bond acceptors (Lipinski definition) is 0. The average Bonchev–Trinajstić information content (AvgIpc) is 3.06. The van der Waals surface area contributed by atoms with Crippen LogP contribution in [0.1, 0.15) is 167 Å². The molecule has 7 aliphatic carbocycles. The van der Waals surface area contributed by atoms with Crippen molar-refractivity contribution in [1.82, 2.24) is 0 Å². The minimum atomic E-state index is 0.230. The minimum absolute atomic E-state index is 0.230. The van der Waals surface area contributed by atoms with E-state index in [2.05, 4.69) is 64.1 Å². The van der Waals surface area contributed by atoms with E-state index in [1.807, 2.05) is 77.7 Å². The van der Waals surface area contributed by atoms with Crippen LogP contribution in [0.2, 0.25) is 0 Å². The van der Waals surface area contributed by atoms with E-state index in [-0.39, 0.29) is 10.8 Å². The highest BCUT2D eigenvalue weighted by atomic mass is 14.8. The van der Waals surface area contributed by atoms with Crippen LogP contribution in [0, 0.1) is 10.8 Å². The Morgan fingerprint density at radius 3 is 0.905 bits per heavy atom. The van der Waals surface area contributed by atoms with Gasteiger partial charge in [-0.3, -0.25) is 0 Å². The first-order chi connectivity index (χ1) is 20.6. The fourth-order valence-electron chi connectivity index (χ4n) is 11.0. The molecule has 0 radical (unpaired) electrons. The van der Waals surface area contributed by atoms with Crippen molar-refractivity contribution in [3.63, 3.8) is 0 Å². The fourth-order valence-corrected chi connectivity index (χ4v) is 11.0. The quantitative estimate of drug-likeness (QED) is 0.300. The van der Waals surface area contributed by atoms with Gasteiger partial charge in [-0.2, -0.15) is 0 Å². The van der Waals surface area contributed by atoms with Gasteiger partial charge in [-0.25, -0.2) is 0 Å². The Labute approximate surface area is 258 Å². The highest BCUT2D eigenvalue weighted by Gasteiger charge is 2.80. The molecule has 7 aliphatic rings. The Morgan fingerprint density at radius 2 is 0.667 bits per heavy atom. The zero-order chi connectivity index (χ0) is 30.7. The number of hydrogen-bond donors (Lipinski definition) is 0. The third-order valence-corrected chi connectivity index (χ3v) is 11.7. The normalized spacial score (nSPS) is 29.1. The second-order valence-electron chi connectivity index (χ2n) is 12.3. The van der Waals surface area contributed by atoms with Crippen LogP contribution in [0.4, 0.5) is 0 Å².